The summed E-state index contributed by atoms with van der Waals surface area (Å²) < 4.78 is 10.9. The van der Waals surface area contributed by atoms with Crippen LogP contribution in [0.25, 0.3) is 0 Å². The van der Waals surface area contributed by atoms with Crippen LogP contribution in [-0.2, 0) is 9.47 Å². The molecule has 0 radical (unpaired) electrons. The highest BCUT2D eigenvalue weighted by molar-refractivity contribution is 4.72. The first-order valence-electron chi connectivity index (χ1n) is 6.03. The molecule has 15 heavy (non-hydrogen) atoms. The maximum atomic E-state index is 9.68. The van der Waals surface area contributed by atoms with Gasteiger partial charge in [-0.05, 0) is 25.2 Å². The summed E-state index contributed by atoms with van der Waals surface area (Å²) in [5.74, 6) is 0.978. The second kappa shape index (κ2) is 7.20. The summed E-state index contributed by atoms with van der Waals surface area (Å²) in [6.45, 7) is 7.36. The van der Waals surface area contributed by atoms with Crippen molar-refractivity contribution in [3.63, 3.8) is 0 Å². The minimum absolute atomic E-state index is 0.188. The number of rotatable bonds is 6. The van der Waals surface area contributed by atoms with E-state index in [1.54, 1.807) is 0 Å². The van der Waals surface area contributed by atoms with E-state index in [-0.39, 0.29) is 12.0 Å². The van der Waals surface area contributed by atoms with Gasteiger partial charge in [0.2, 0.25) is 0 Å². The summed E-state index contributed by atoms with van der Waals surface area (Å²) in [5.41, 5.74) is 0. The zero-order chi connectivity index (χ0) is 11.1. The molecule has 0 bridgehead atoms. The molecule has 1 aliphatic heterocycles. The Hall–Kier alpha value is -0.120. The van der Waals surface area contributed by atoms with Crippen LogP contribution in [0.2, 0.25) is 0 Å². The van der Waals surface area contributed by atoms with Gasteiger partial charge in [0.25, 0.3) is 0 Å². The highest BCUT2D eigenvalue weighted by atomic mass is 16.5. The van der Waals surface area contributed by atoms with Crippen LogP contribution < -0.4 is 0 Å². The Labute approximate surface area is 92.8 Å². The molecule has 0 spiro atoms. The van der Waals surface area contributed by atoms with Gasteiger partial charge in [0, 0.05) is 25.7 Å². The van der Waals surface area contributed by atoms with Gasteiger partial charge in [-0.25, -0.2) is 0 Å². The minimum atomic E-state index is -0.188. The van der Waals surface area contributed by atoms with Gasteiger partial charge in [0.05, 0.1) is 12.7 Å². The standard InChI is InChI=1S/C12H24O3/c1-10(2)3-6-14-7-4-11-9-15-8-5-12(11)13/h10-13H,3-9H2,1-2H3. The summed E-state index contributed by atoms with van der Waals surface area (Å²) in [6.07, 6.45) is 2.62. The number of hydrogen-bond donors (Lipinski definition) is 1. The molecule has 1 N–H and O–H groups in total. The summed E-state index contributed by atoms with van der Waals surface area (Å²) >= 11 is 0. The molecule has 3 nitrogen and oxygen atoms in total. The molecule has 1 rings (SSSR count). The fourth-order valence-corrected chi connectivity index (χ4v) is 1.72. The largest absolute Gasteiger partial charge is 0.393 e. The lowest BCUT2D eigenvalue weighted by molar-refractivity contribution is -0.0471. The topological polar surface area (TPSA) is 38.7 Å². The van der Waals surface area contributed by atoms with Crippen molar-refractivity contribution in [2.45, 2.75) is 39.2 Å². The Balaban J connectivity index is 1.99. The predicted octanol–water partition coefficient (Wildman–Crippen LogP) is 1.84. The Morgan fingerprint density at radius 2 is 2.20 bits per heavy atom. The van der Waals surface area contributed by atoms with E-state index in [0.29, 0.717) is 19.1 Å². The van der Waals surface area contributed by atoms with Gasteiger partial charge in [-0.1, -0.05) is 13.8 Å². The van der Waals surface area contributed by atoms with Crippen LogP contribution in [0.3, 0.4) is 0 Å². The molecule has 0 aromatic heterocycles. The van der Waals surface area contributed by atoms with Gasteiger partial charge >= 0.3 is 0 Å². The lowest BCUT2D eigenvalue weighted by Crippen LogP contribution is -2.32. The smallest absolute Gasteiger partial charge is 0.0613 e. The molecule has 3 heteroatoms. The predicted molar refractivity (Wildman–Crippen MR) is 59.8 cm³/mol. The molecule has 90 valence electrons. The minimum Gasteiger partial charge on any atom is -0.393 e. The Morgan fingerprint density at radius 1 is 1.40 bits per heavy atom. The maximum Gasteiger partial charge on any atom is 0.0613 e. The molecule has 0 aliphatic carbocycles. The zero-order valence-corrected chi connectivity index (χ0v) is 9.95. The fourth-order valence-electron chi connectivity index (χ4n) is 1.72. The lowest BCUT2D eigenvalue weighted by atomic mass is 9.96. The van der Waals surface area contributed by atoms with E-state index in [9.17, 15) is 5.11 Å². The summed E-state index contributed by atoms with van der Waals surface area (Å²) in [5, 5.41) is 9.68. The van der Waals surface area contributed by atoms with Crippen molar-refractivity contribution < 1.29 is 14.6 Å². The quantitative estimate of drug-likeness (QED) is 0.688. The van der Waals surface area contributed by atoms with Crippen molar-refractivity contribution in [3.05, 3.63) is 0 Å². The molecule has 2 atom stereocenters. The van der Waals surface area contributed by atoms with E-state index in [4.69, 9.17) is 9.47 Å². The van der Waals surface area contributed by atoms with E-state index in [0.717, 1.165) is 32.5 Å². The van der Waals surface area contributed by atoms with Crippen LogP contribution >= 0.6 is 0 Å². The van der Waals surface area contributed by atoms with E-state index in [1.807, 2.05) is 0 Å². The third-order valence-electron chi connectivity index (χ3n) is 2.91. The van der Waals surface area contributed by atoms with Gasteiger partial charge in [0.15, 0.2) is 0 Å². The van der Waals surface area contributed by atoms with Crippen LogP contribution in [-0.4, -0.2) is 37.6 Å². The number of hydrogen-bond acceptors (Lipinski definition) is 3. The van der Waals surface area contributed by atoms with Crippen molar-refractivity contribution in [2.75, 3.05) is 26.4 Å². The van der Waals surface area contributed by atoms with Crippen molar-refractivity contribution in [1.29, 1.82) is 0 Å². The Morgan fingerprint density at radius 3 is 2.87 bits per heavy atom. The second-order valence-electron chi connectivity index (χ2n) is 4.77. The molecule has 1 aliphatic rings. The highest BCUT2D eigenvalue weighted by Crippen LogP contribution is 2.18. The molecule has 1 saturated heterocycles. The molecule has 2 unspecified atom stereocenters. The van der Waals surface area contributed by atoms with Gasteiger partial charge in [-0.2, -0.15) is 0 Å². The monoisotopic (exact) mass is 216 g/mol. The van der Waals surface area contributed by atoms with Crippen LogP contribution in [0.15, 0.2) is 0 Å². The molecular weight excluding hydrogens is 192 g/mol. The van der Waals surface area contributed by atoms with Crippen molar-refractivity contribution in [2.24, 2.45) is 11.8 Å². The highest BCUT2D eigenvalue weighted by Gasteiger charge is 2.22. The average molecular weight is 216 g/mol. The van der Waals surface area contributed by atoms with Crippen molar-refractivity contribution in [3.8, 4) is 0 Å². The number of aliphatic hydroxyl groups excluding tert-OH is 1. The average Bonchev–Trinajstić information content (AvgIpc) is 2.20. The fraction of sp³-hybridized carbons (Fsp3) is 1.00. The molecule has 0 saturated carbocycles. The third-order valence-corrected chi connectivity index (χ3v) is 2.91. The van der Waals surface area contributed by atoms with Gasteiger partial charge in [-0.15, -0.1) is 0 Å². The summed E-state index contributed by atoms with van der Waals surface area (Å²) in [4.78, 5) is 0. The second-order valence-corrected chi connectivity index (χ2v) is 4.77. The first-order valence-corrected chi connectivity index (χ1v) is 6.03. The van der Waals surface area contributed by atoms with Gasteiger partial charge < -0.3 is 14.6 Å². The Bertz CT molecular complexity index is 159. The van der Waals surface area contributed by atoms with Crippen molar-refractivity contribution in [1.82, 2.24) is 0 Å². The Kier molecular flexibility index (Phi) is 6.22. The van der Waals surface area contributed by atoms with Crippen LogP contribution in [0, 0.1) is 11.8 Å². The lowest BCUT2D eigenvalue weighted by Gasteiger charge is -2.27. The van der Waals surface area contributed by atoms with Crippen molar-refractivity contribution >= 4 is 0 Å². The van der Waals surface area contributed by atoms with Crippen LogP contribution in [0.5, 0.6) is 0 Å². The first kappa shape index (κ1) is 12.9. The third kappa shape index (κ3) is 5.50. The molecular formula is C12H24O3. The van der Waals surface area contributed by atoms with Gasteiger partial charge in [0.1, 0.15) is 0 Å². The normalized spacial score (nSPS) is 27.2. The van der Waals surface area contributed by atoms with E-state index in [2.05, 4.69) is 13.8 Å². The van der Waals surface area contributed by atoms with Crippen LogP contribution in [0.4, 0.5) is 0 Å². The van der Waals surface area contributed by atoms with E-state index in [1.165, 1.54) is 0 Å². The molecule has 0 amide bonds. The first-order chi connectivity index (χ1) is 7.20. The summed E-state index contributed by atoms with van der Waals surface area (Å²) in [7, 11) is 0. The zero-order valence-electron chi connectivity index (χ0n) is 9.95. The van der Waals surface area contributed by atoms with Crippen LogP contribution in [0.1, 0.15) is 33.1 Å². The summed E-state index contributed by atoms with van der Waals surface area (Å²) in [6, 6.07) is 0. The molecule has 0 aromatic carbocycles. The van der Waals surface area contributed by atoms with Gasteiger partial charge in [-0.3, -0.25) is 0 Å². The maximum absolute atomic E-state index is 9.68. The molecule has 0 aromatic rings. The molecule has 1 heterocycles. The molecule has 1 fully saturated rings. The number of ether oxygens (including phenoxy) is 2. The van der Waals surface area contributed by atoms with E-state index >= 15 is 0 Å². The SMILES string of the molecule is CC(C)CCOCCC1COCCC1O. The number of aliphatic hydroxyl groups is 1. The van der Waals surface area contributed by atoms with E-state index < -0.39 is 0 Å².